The minimum Gasteiger partial charge on any atom is -0.481 e. The van der Waals surface area contributed by atoms with Crippen molar-refractivity contribution in [3.63, 3.8) is 0 Å². The Bertz CT molecular complexity index is 1670. The largest absolute Gasteiger partial charge is 0.481 e. The molecule has 1 aliphatic carbocycles. The number of ether oxygens (including phenoxy) is 1. The molecule has 2 aliphatic rings. The van der Waals surface area contributed by atoms with E-state index in [1.807, 2.05) is 36.4 Å². The van der Waals surface area contributed by atoms with Crippen LogP contribution in [0.4, 0.5) is 10.8 Å². The van der Waals surface area contributed by atoms with E-state index in [0.717, 1.165) is 44.3 Å². The molecule has 0 spiro atoms. The maximum atomic E-state index is 14.1. The Morgan fingerprint density at radius 3 is 2.41 bits per heavy atom. The Balaban J connectivity index is 1.25. The number of methoxy groups -OCH3 is 1. The van der Waals surface area contributed by atoms with E-state index in [1.165, 1.54) is 34.9 Å². The number of likely N-dealkylation sites (tertiary alicyclic amines) is 1. The van der Waals surface area contributed by atoms with Crippen LogP contribution in [-0.2, 0) is 14.8 Å². The molecule has 1 N–H and O–H groups in total. The number of anilines is 2. The number of benzene rings is 2. The highest BCUT2D eigenvalue weighted by Crippen LogP contribution is 2.36. The lowest BCUT2D eigenvalue weighted by molar-refractivity contribution is -0.118. The predicted molar refractivity (Wildman–Crippen MR) is 175 cm³/mol. The van der Waals surface area contributed by atoms with E-state index in [9.17, 15) is 13.2 Å². The summed E-state index contributed by atoms with van der Waals surface area (Å²) >= 11 is 1.31. The fourth-order valence-corrected chi connectivity index (χ4v) is 8.59. The summed E-state index contributed by atoms with van der Waals surface area (Å²) in [6, 6.07) is 19.8. The van der Waals surface area contributed by atoms with Gasteiger partial charge in [-0.25, -0.2) is 18.4 Å². The van der Waals surface area contributed by atoms with Gasteiger partial charge in [-0.15, -0.1) is 0 Å². The van der Waals surface area contributed by atoms with Crippen LogP contribution in [0.3, 0.4) is 0 Å². The number of sulfonamides is 1. The number of amides is 1. The van der Waals surface area contributed by atoms with E-state index in [4.69, 9.17) is 4.74 Å². The summed E-state index contributed by atoms with van der Waals surface area (Å²) in [5, 5.41) is 3.51. The lowest BCUT2D eigenvalue weighted by atomic mass is 9.87. The van der Waals surface area contributed by atoms with Crippen molar-refractivity contribution in [2.45, 2.75) is 62.2 Å². The van der Waals surface area contributed by atoms with Gasteiger partial charge in [-0.2, -0.15) is 0 Å². The first-order chi connectivity index (χ1) is 21.4. The van der Waals surface area contributed by atoms with Crippen molar-refractivity contribution in [2.24, 2.45) is 5.92 Å². The van der Waals surface area contributed by atoms with Gasteiger partial charge < -0.3 is 10.1 Å². The molecule has 1 atom stereocenters. The molecule has 1 saturated carbocycles. The Morgan fingerprint density at radius 1 is 0.977 bits per heavy atom. The summed E-state index contributed by atoms with van der Waals surface area (Å²) < 4.78 is 34.9. The monoisotopic (exact) mass is 633 g/mol. The molecule has 0 bridgehead atoms. The SMILES string of the molecule is COc1ccc2nc(NC(=O)C(CC3CCCC3)c3ccc(S(=O)(=O)N(CN4CCCCC4)c4ccccc4)cc3)sc2n1. The summed E-state index contributed by atoms with van der Waals surface area (Å²) in [5.41, 5.74) is 2.14. The van der Waals surface area contributed by atoms with Crippen LogP contribution in [0.1, 0.15) is 62.8 Å². The Kier molecular flexibility index (Phi) is 9.44. The van der Waals surface area contributed by atoms with E-state index in [1.54, 1.807) is 37.4 Å². The molecule has 232 valence electrons. The maximum absolute atomic E-state index is 14.1. The fraction of sp³-hybridized carbons (Fsp3) is 0.424. The van der Waals surface area contributed by atoms with Crippen molar-refractivity contribution in [2.75, 3.05) is 36.5 Å². The fourth-order valence-electron chi connectivity index (χ4n) is 6.31. The quantitative estimate of drug-likeness (QED) is 0.197. The number of piperidine rings is 1. The molecule has 11 heteroatoms. The van der Waals surface area contributed by atoms with Crippen LogP contribution in [-0.4, -0.2) is 56.1 Å². The normalized spacial score (nSPS) is 17.0. The number of hydrogen-bond donors (Lipinski definition) is 1. The number of pyridine rings is 1. The number of aromatic nitrogens is 2. The number of fused-ring (bicyclic) bond motifs is 1. The number of thiazole rings is 1. The van der Waals surface area contributed by atoms with Crippen molar-refractivity contribution in [1.29, 1.82) is 0 Å². The number of hydrogen-bond acceptors (Lipinski definition) is 8. The highest BCUT2D eigenvalue weighted by atomic mass is 32.2. The van der Waals surface area contributed by atoms with Crippen molar-refractivity contribution >= 4 is 48.4 Å². The average molecular weight is 634 g/mol. The van der Waals surface area contributed by atoms with Gasteiger partial charge in [0.1, 0.15) is 10.3 Å². The van der Waals surface area contributed by atoms with Crippen LogP contribution < -0.4 is 14.4 Å². The van der Waals surface area contributed by atoms with Crippen LogP contribution in [0.25, 0.3) is 10.3 Å². The van der Waals surface area contributed by atoms with Gasteiger partial charge in [0, 0.05) is 6.07 Å². The molecule has 1 amide bonds. The molecular formula is C33H39N5O4S2. The van der Waals surface area contributed by atoms with E-state index >= 15 is 0 Å². The number of nitrogens with one attached hydrogen (secondary N) is 1. The second-order valence-electron chi connectivity index (χ2n) is 11.7. The van der Waals surface area contributed by atoms with E-state index in [-0.39, 0.29) is 10.8 Å². The summed E-state index contributed by atoms with van der Waals surface area (Å²) in [6.07, 6.45) is 8.58. The molecule has 1 aliphatic heterocycles. The van der Waals surface area contributed by atoms with Crippen molar-refractivity contribution in [3.05, 3.63) is 72.3 Å². The van der Waals surface area contributed by atoms with Gasteiger partial charge in [-0.1, -0.05) is 73.8 Å². The van der Waals surface area contributed by atoms with E-state index in [2.05, 4.69) is 20.2 Å². The van der Waals surface area contributed by atoms with Crippen molar-refractivity contribution in [3.8, 4) is 5.88 Å². The van der Waals surface area contributed by atoms with E-state index in [0.29, 0.717) is 46.1 Å². The second-order valence-corrected chi connectivity index (χ2v) is 14.5. The van der Waals surface area contributed by atoms with Gasteiger partial charge in [0.25, 0.3) is 10.0 Å². The standard InChI is InChI=1S/C33H39N5O4S2/c1-42-30-19-18-29-32(35-30)43-33(34-29)36-31(39)28(22-24-10-6-7-11-24)25-14-16-27(17-15-25)44(40,41)38(26-12-4-2-5-13-26)23-37-20-8-3-9-21-37/h2,4-5,12-19,24,28H,3,6-11,20-23H2,1H3,(H,34,36,39). The molecule has 4 aromatic rings. The zero-order valence-corrected chi connectivity index (χ0v) is 26.7. The number of para-hydroxylation sites is 1. The van der Waals surface area contributed by atoms with Crippen LogP contribution in [0, 0.1) is 5.92 Å². The predicted octanol–water partition coefficient (Wildman–Crippen LogP) is 6.64. The second kappa shape index (κ2) is 13.6. The summed E-state index contributed by atoms with van der Waals surface area (Å²) in [5.74, 6) is 0.376. The first kappa shape index (κ1) is 30.5. The van der Waals surface area contributed by atoms with Crippen LogP contribution in [0.5, 0.6) is 5.88 Å². The smallest absolute Gasteiger partial charge is 0.265 e. The Labute approximate surface area is 263 Å². The topological polar surface area (TPSA) is 105 Å². The first-order valence-corrected chi connectivity index (χ1v) is 17.7. The minimum absolute atomic E-state index is 0.144. The molecule has 44 heavy (non-hydrogen) atoms. The van der Waals surface area contributed by atoms with Gasteiger partial charge in [0.05, 0.1) is 30.3 Å². The summed E-state index contributed by atoms with van der Waals surface area (Å²) in [7, 11) is -2.28. The van der Waals surface area contributed by atoms with Gasteiger partial charge >= 0.3 is 0 Å². The average Bonchev–Trinajstić information content (AvgIpc) is 3.72. The zero-order chi connectivity index (χ0) is 30.5. The van der Waals surface area contributed by atoms with Crippen LogP contribution in [0.15, 0.2) is 71.6 Å². The van der Waals surface area contributed by atoms with E-state index < -0.39 is 15.9 Å². The lowest BCUT2D eigenvalue weighted by Crippen LogP contribution is -2.43. The third-order valence-corrected chi connectivity index (χ3v) is 11.4. The molecule has 2 aromatic carbocycles. The molecule has 0 radical (unpaired) electrons. The van der Waals surface area contributed by atoms with Crippen LogP contribution in [0.2, 0.25) is 0 Å². The van der Waals surface area contributed by atoms with Crippen molar-refractivity contribution in [1.82, 2.24) is 14.9 Å². The molecule has 3 heterocycles. The number of nitrogens with zero attached hydrogens (tertiary/aromatic N) is 4. The third-order valence-electron chi connectivity index (χ3n) is 8.72. The van der Waals surface area contributed by atoms with Gasteiger partial charge in [0.15, 0.2) is 5.13 Å². The summed E-state index contributed by atoms with van der Waals surface area (Å²) in [4.78, 5) is 25.9. The number of carbonyl (C=O) groups is 1. The molecule has 2 aromatic heterocycles. The molecule has 6 rings (SSSR count). The lowest BCUT2D eigenvalue weighted by Gasteiger charge is -2.33. The Morgan fingerprint density at radius 2 is 1.70 bits per heavy atom. The number of carbonyl (C=O) groups excluding carboxylic acids is 1. The summed E-state index contributed by atoms with van der Waals surface area (Å²) in [6.45, 7) is 2.08. The molecule has 9 nitrogen and oxygen atoms in total. The first-order valence-electron chi connectivity index (χ1n) is 15.4. The zero-order valence-electron chi connectivity index (χ0n) is 25.0. The molecule has 2 fully saturated rings. The van der Waals surface area contributed by atoms with Gasteiger partial charge in [-0.3, -0.25) is 14.0 Å². The van der Waals surface area contributed by atoms with Gasteiger partial charge in [-0.05, 0) is 74.2 Å². The minimum atomic E-state index is -3.84. The Hall–Kier alpha value is -3.54. The van der Waals surface area contributed by atoms with Crippen LogP contribution >= 0.6 is 11.3 Å². The van der Waals surface area contributed by atoms with Crippen molar-refractivity contribution < 1.29 is 17.9 Å². The number of rotatable bonds is 11. The third kappa shape index (κ3) is 6.90. The highest BCUT2D eigenvalue weighted by molar-refractivity contribution is 7.92. The maximum Gasteiger partial charge on any atom is 0.265 e. The molecular weight excluding hydrogens is 595 g/mol. The highest BCUT2D eigenvalue weighted by Gasteiger charge is 2.30. The molecule has 1 unspecified atom stereocenters. The van der Waals surface area contributed by atoms with Gasteiger partial charge in [0.2, 0.25) is 11.8 Å². The molecule has 1 saturated heterocycles.